The number of aliphatic carboxylic acids is 1. The zero-order valence-corrected chi connectivity index (χ0v) is 57.0. The average molecular weight is 1390 g/mol. The van der Waals surface area contributed by atoms with Gasteiger partial charge >= 0.3 is 43.9 Å². The molecule has 3 heterocycles. The van der Waals surface area contributed by atoms with Crippen LogP contribution in [0.25, 0.3) is 65.4 Å². The zero-order chi connectivity index (χ0) is 64.3. The van der Waals surface area contributed by atoms with E-state index in [0.29, 0.717) is 111 Å². The van der Waals surface area contributed by atoms with Gasteiger partial charge in [-0.25, -0.2) is 0 Å². The van der Waals surface area contributed by atoms with Crippen LogP contribution in [0.3, 0.4) is 0 Å². The number of pyridine rings is 3. The maximum Gasteiger partial charge on any atom is 1.00 e. The summed E-state index contributed by atoms with van der Waals surface area (Å²) in [5, 5.41) is 31.2. The molecule has 12 rings (SSSR count). The summed E-state index contributed by atoms with van der Waals surface area (Å²) in [4.78, 5) is 81.4. The molecule has 0 radical (unpaired) electrons. The molecule has 3 aromatic heterocycles. The van der Waals surface area contributed by atoms with Crippen LogP contribution in [0.4, 0.5) is 17.1 Å². The molecule has 93 heavy (non-hydrogen) atoms. The summed E-state index contributed by atoms with van der Waals surface area (Å²) >= 11 is 22.8. The van der Waals surface area contributed by atoms with E-state index in [0.717, 1.165) is 54.2 Å². The number of aromatic nitrogens is 3. The van der Waals surface area contributed by atoms with Crippen LogP contribution in [0.5, 0.6) is 0 Å². The van der Waals surface area contributed by atoms with E-state index in [2.05, 4.69) is 28.1 Å². The van der Waals surface area contributed by atoms with Crippen molar-refractivity contribution in [1.29, 1.82) is 0 Å². The molecule has 9 aromatic rings. The van der Waals surface area contributed by atoms with Gasteiger partial charge in [0.2, 0.25) is 0 Å². The van der Waals surface area contributed by atoms with Gasteiger partial charge in [0.15, 0.2) is 16.3 Å². The number of carbonyl (C=O) groups is 3. The van der Waals surface area contributed by atoms with Crippen LogP contribution in [0, 0.1) is 0 Å². The van der Waals surface area contributed by atoms with E-state index in [1.54, 1.807) is 65.4 Å². The Morgan fingerprint density at radius 3 is 1.11 bits per heavy atom. The molecular weight excluding hydrogens is 1310 g/mol. The Morgan fingerprint density at radius 1 is 0.527 bits per heavy atom. The van der Waals surface area contributed by atoms with Gasteiger partial charge in [0, 0.05) is 79.1 Å². The summed E-state index contributed by atoms with van der Waals surface area (Å²) in [5.74, 6) is -0.457. The molecule has 3 fully saturated rings. The fourth-order valence-electron chi connectivity index (χ4n) is 12.0. The smallest absolute Gasteiger partial charge is 0.870 e. The van der Waals surface area contributed by atoms with Crippen LogP contribution >= 0.6 is 50.7 Å². The molecule has 3 aliphatic carbocycles. The Labute approximate surface area is 575 Å². The first-order valence-corrected chi connectivity index (χ1v) is 31.8. The molecule has 0 aliphatic heterocycles. The van der Waals surface area contributed by atoms with Gasteiger partial charge in [-0.3, -0.25) is 28.8 Å². The van der Waals surface area contributed by atoms with Gasteiger partial charge in [-0.05, 0) is 147 Å². The third kappa shape index (κ3) is 16.2. The third-order valence-electron chi connectivity index (χ3n) is 17.0. The second-order valence-electron chi connectivity index (χ2n) is 23.4. The number of anilines is 3. The van der Waals surface area contributed by atoms with Gasteiger partial charge in [0.1, 0.15) is 19.6 Å². The second-order valence-corrected chi connectivity index (χ2v) is 25.5. The molecular formula is C68H80BBrCl3LiN6O13. The first-order chi connectivity index (χ1) is 42.4. The molecule has 492 valence electrons. The number of carboxylic acid groups (broad SMARTS) is 1. The Kier molecular flexibility index (Phi) is 27.5. The number of fused-ring (bicyclic) bond motifs is 6. The van der Waals surface area contributed by atoms with Crippen molar-refractivity contribution < 1.29 is 68.8 Å². The van der Waals surface area contributed by atoms with Crippen LogP contribution in [0.1, 0.15) is 102 Å². The summed E-state index contributed by atoms with van der Waals surface area (Å²) in [6.07, 6.45) is 10.2. The number of esters is 2. The Bertz CT molecular complexity index is 4420. The van der Waals surface area contributed by atoms with Crippen LogP contribution in [0.15, 0.2) is 110 Å². The zero-order valence-electron chi connectivity index (χ0n) is 53.1. The normalized spacial score (nSPS) is 13.4. The van der Waals surface area contributed by atoms with E-state index in [1.807, 2.05) is 98.0 Å². The maximum atomic E-state index is 13.3. The van der Waals surface area contributed by atoms with E-state index in [9.17, 15) is 33.9 Å². The summed E-state index contributed by atoms with van der Waals surface area (Å²) in [6.45, 7) is 3.93. The fraction of sp³-hybridized carbons (Fsp3) is 0.382. The molecule has 3 aliphatic rings. The molecule has 0 spiro atoms. The number of hydrogen-bond donors (Lipinski definition) is 3. The van der Waals surface area contributed by atoms with Crippen molar-refractivity contribution in [2.24, 2.45) is 0 Å². The van der Waals surface area contributed by atoms with Crippen LogP contribution in [0.2, 0.25) is 20.9 Å². The quantitative estimate of drug-likeness (QED) is 0.0519. The molecule has 25 heteroatoms. The minimum absolute atomic E-state index is 0. The van der Waals surface area contributed by atoms with E-state index in [4.69, 9.17) is 54.3 Å². The molecule has 0 unspecified atom stereocenters. The number of halogens is 4. The minimum atomic E-state index is -1.05. The van der Waals surface area contributed by atoms with Crippen molar-refractivity contribution in [3.63, 3.8) is 0 Å². The molecule has 19 nitrogen and oxygen atoms in total. The molecule has 6 N–H and O–H groups in total. The van der Waals surface area contributed by atoms with E-state index < -0.39 is 13.1 Å². The second kappa shape index (κ2) is 33.2. The van der Waals surface area contributed by atoms with Crippen molar-refractivity contribution in [2.45, 2.75) is 116 Å². The fourth-order valence-corrected chi connectivity index (χ4v) is 13.3. The summed E-state index contributed by atoms with van der Waals surface area (Å²) in [5.41, 5.74) is 8.12. The molecule has 0 saturated heterocycles. The first-order valence-electron chi connectivity index (χ1n) is 29.9. The summed E-state index contributed by atoms with van der Waals surface area (Å²) in [7, 11) is 10.1. The van der Waals surface area contributed by atoms with E-state index in [-0.39, 0.29) is 90.9 Å². The van der Waals surface area contributed by atoms with Crippen molar-refractivity contribution >= 4 is 158 Å². The number of carboxylic acids is 1. The summed E-state index contributed by atoms with van der Waals surface area (Å²) < 4.78 is 16.6. The first kappa shape index (κ1) is 77.1. The number of nitrogens with zero attached hydrogens (tertiary/aromatic N) is 6. The minimum Gasteiger partial charge on any atom is -0.870 e. The number of hydrogen-bond acceptors (Lipinski definition) is 14. The van der Waals surface area contributed by atoms with Crippen molar-refractivity contribution in [2.75, 3.05) is 70.2 Å². The molecule has 3 saturated carbocycles. The van der Waals surface area contributed by atoms with Gasteiger partial charge in [0.05, 0.1) is 78.4 Å². The maximum absolute atomic E-state index is 13.3. The number of carbonyl (C=O) groups excluding carboxylic acids is 2. The van der Waals surface area contributed by atoms with Gasteiger partial charge < -0.3 is 64.0 Å². The van der Waals surface area contributed by atoms with Gasteiger partial charge in [-0.15, -0.1) is 0 Å². The molecule has 6 aromatic carbocycles. The Balaban J connectivity index is 0.000000235. The molecule has 0 atom stereocenters. The Morgan fingerprint density at radius 2 is 0.839 bits per heavy atom. The van der Waals surface area contributed by atoms with Crippen LogP contribution in [-0.2, 0) is 43.5 Å². The van der Waals surface area contributed by atoms with Crippen molar-refractivity contribution in [1.82, 2.24) is 13.7 Å². The monoisotopic (exact) mass is 1390 g/mol. The number of rotatable bonds is 14. The van der Waals surface area contributed by atoms with E-state index in [1.165, 1.54) is 30.4 Å². The van der Waals surface area contributed by atoms with Crippen LogP contribution in [-0.4, -0.2) is 120 Å². The molecule has 0 bridgehead atoms. The van der Waals surface area contributed by atoms with E-state index >= 15 is 0 Å². The van der Waals surface area contributed by atoms with Gasteiger partial charge in [-0.1, -0.05) is 102 Å². The average Bonchev–Trinajstić information content (AvgIpc) is 0.765. The third-order valence-corrected chi connectivity index (χ3v) is 18.4. The predicted molar refractivity (Wildman–Crippen MR) is 377 cm³/mol. The standard InChI is InChI=1S/C23H25ClN2O3.C21H21ClN2O3.C19H18BrClN2O3.C4H9BO2.CH4.Li.2H2O/c1-4-29-20(27)13-26-19-12-15(14-6-5-7-14)8-9-16(19)23(28)17-10-11-18(24)22(21(17)26)25(2)3;1-23(2)20-16(22)9-8-15-19(20)24(11-18(25)26)17-10-13(12-4-3-5-12)6-7-14(17)21(15)27;1-4-26-16(24)10-23-15-9-11(20)5-6-12(15)19(25)13-7-8-14(21)18(17(13)23)22(2)3;6-5(7)4-2-1-3-4;;;;/h8-12,14H,4-7,13H2,1-3H3;6-10,12H,3-5,11H2,1-2H3,(H,25,26);5-9H,4,10H2,1-3H3;4,6-7H,1-3H2;1H4;;2*1H2/q;;;;;+1;;/p-1. The number of benzene rings is 6. The van der Waals surface area contributed by atoms with Crippen molar-refractivity contribution in [3.05, 3.63) is 152 Å². The largest absolute Gasteiger partial charge is 1.00 e. The SMILES string of the molecule is C.CCOC(=O)Cn1c2cc(Br)ccc2c(=O)c2ccc(Cl)c(N(C)C)c21.CCOC(=O)Cn1c2cc(C3CCC3)ccc2c(=O)c2ccc(Cl)c(N(C)C)c21.CN(C)c1c(Cl)ccc2c(=O)c3ccc(C4CCC4)cc3n(CC(=O)O)c12.O.OB(O)C1CCC1.[Li+].[OH-]. The number of ether oxygens (including phenoxy) is 2. The van der Waals surface area contributed by atoms with Crippen molar-refractivity contribution in [3.8, 4) is 0 Å². The predicted octanol–water partition coefficient (Wildman–Crippen LogP) is 9.78. The topological polar surface area (TPSA) is 268 Å². The summed E-state index contributed by atoms with van der Waals surface area (Å²) in [6, 6.07) is 27.5. The van der Waals surface area contributed by atoms with Crippen LogP contribution < -0.4 is 49.8 Å². The Hall–Kier alpha value is -6.61. The molecule has 0 amide bonds. The van der Waals surface area contributed by atoms with Gasteiger partial charge in [-0.2, -0.15) is 0 Å². The van der Waals surface area contributed by atoms with Gasteiger partial charge in [0.25, 0.3) is 0 Å².